The minimum Gasteiger partial charge on any atom is -0.497 e. The first kappa shape index (κ1) is 25.8. The Morgan fingerprint density at radius 1 is 0.973 bits per heavy atom. The van der Waals surface area contributed by atoms with Crippen molar-refractivity contribution in [2.75, 3.05) is 25.1 Å². The molecule has 0 bridgehead atoms. The molecule has 194 valence electrons. The molecule has 2 atom stereocenters. The Labute approximate surface area is 224 Å². The summed E-state index contributed by atoms with van der Waals surface area (Å²) in [6.07, 6.45) is 5.61. The van der Waals surface area contributed by atoms with Gasteiger partial charge in [0.25, 0.3) is 5.91 Å². The maximum Gasteiger partial charge on any atom is 0.258 e. The minimum atomic E-state index is -0.835. The number of methoxy groups -OCH3 is 1. The van der Waals surface area contributed by atoms with E-state index in [1.165, 1.54) is 0 Å². The quantitative estimate of drug-likeness (QED) is 0.416. The Bertz CT molecular complexity index is 1190. The fourth-order valence-corrected chi connectivity index (χ4v) is 6.26. The molecule has 5 nitrogen and oxygen atoms in total. The molecule has 6 heteroatoms. The van der Waals surface area contributed by atoms with E-state index in [0.29, 0.717) is 16.3 Å². The lowest BCUT2D eigenvalue weighted by molar-refractivity contribution is -0.0850. The number of anilines is 1. The van der Waals surface area contributed by atoms with E-state index in [0.717, 1.165) is 62.9 Å². The van der Waals surface area contributed by atoms with Crippen molar-refractivity contribution in [3.63, 3.8) is 0 Å². The van der Waals surface area contributed by atoms with Crippen LogP contribution < -0.4 is 9.64 Å². The normalized spacial score (nSPS) is 22.9. The zero-order chi connectivity index (χ0) is 25.8. The predicted molar refractivity (Wildman–Crippen MR) is 148 cm³/mol. The van der Waals surface area contributed by atoms with Gasteiger partial charge in [0.15, 0.2) is 0 Å². The van der Waals surface area contributed by atoms with E-state index in [1.54, 1.807) is 13.2 Å². The van der Waals surface area contributed by atoms with Crippen LogP contribution in [0.2, 0.25) is 5.02 Å². The fourth-order valence-electron chi connectivity index (χ4n) is 6.13. The fraction of sp³-hybridized carbons (Fsp3) is 0.387. The van der Waals surface area contributed by atoms with Crippen LogP contribution in [0.4, 0.5) is 5.69 Å². The highest BCUT2D eigenvalue weighted by Gasteiger charge is 2.44. The molecule has 1 saturated carbocycles. The standard InChI is InChI=1S/C31H35ClN2O3/c1-37-28-11-7-8-23(22-28)30(35)34(26-15-13-25(32)14-16-26)27-17-20-33(21-18-27)29-12-5-6-19-31(29,36)24-9-3-2-4-10-24/h2-4,7-11,13-16,22,27,29,36H,5-6,12,17-21H2,1H3/t29-,31-/m1/s1. The zero-order valence-electron chi connectivity index (χ0n) is 21.4. The van der Waals surface area contributed by atoms with Crippen LogP contribution in [-0.2, 0) is 5.60 Å². The van der Waals surface area contributed by atoms with Gasteiger partial charge >= 0.3 is 0 Å². The topological polar surface area (TPSA) is 53.0 Å². The van der Waals surface area contributed by atoms with Crippen molar-refractivity contribution in [2.24, 2.45) is 0 Å². The number of piperidine rings is 1. The lowest BCUT2D eigenvalue weighted by atomic mass is 9.74. The number of rotatable bonds is 6. The Balaban J connectivity index is 1.38. The minimum absolute atomic E-state index is 0.0434. The molecule has 0 unspecified atom stereocenters. The Morgan fingerprint density at radius 3 is 2.41 bits per heavy atom. The van der Waals surface area contributed by atoms with Gasteiger partial charge in [-0.15, -0.1) is 0 Å². The summed E-state index contributed by atoms with van der Waals surface area (Å²) in [5.74, 6) is 0.618. The SMILES string of the molecule is COc1cccc(C(=O)N(c2ccc(Cl)cc2)C2CCN([C@@H]3CCCC[C@@]3(O)c3ccccc3)CC2)c1. The summed E-state index contributed by atoms with van der Waals surface area (Å²) in [5, 5.41) is 12.5. The van der Waals surface area contributed by atoms with Crippen LogP contribution >= 0.6 is 11.6 Å². The number of halogens is 1. The second-order valence-corrected chi connectivity index (χ2v) is 10.6. The number of hydrogen-bond donors (Lipinski definition) is 1. The van der Waals surface area contributed by atoms with Crippen LogP contribution in [0.15, 0.2) is 78.9 Å². The molecular formula is C31H35ClN2O3. The van der Waals surface area contributed by atoms with E-state index in [4.69, 9.17) is 16.3 Å². The van der Waals surface area contributed by atoms with Gasteiger partial charge in [0.1, 0.15) is 11.4 Å². The van der Waals surface area contributed by atoms with Crippen molar-refractivity contribution in [1.29, 1.82) is 0 Å². The number of likely N-dealkylation sites (tertiary alicyclic amines) is 1. The van der Waals surface area contributed by atoms with E-state index < -0.39 is 5.60 Å². The maximum atomic E-state index is 13.9. The van der Waals surface area contributed by atoms with E-state index in [9.17, 15) is 9.90 Å². The summed E-state index contributed by atoms with van der Waals surface area (Å²) < 4.78 is 5.37. The lowest BCUT2D eigenvalue weighted by Gasteiger charge is -2.49. The Kier molecular flexibility index (Phi) is 7.84. The van der Waals surface area contributed by atoms with Crippen LogP contribution in [-0.4, -0.2) is 48.2 Å². The number of carbonyl (C=O) groups excluding carboxylic acids is 1. The molecule has 3 aromatic rings. The lowest BCUT2D eigenvalue weighted by Crippen LogP contribution is -2.57. The number of nitrogens with zero attached hydrogens (tertiary/aromatic N) is 2. The summed E-state index contributed by atoms with van der Waals surface area (Å²) in [4.78, 5) is 18.2. The molecule has 0 spiro atoms. The molecule has 0 radical (unpaired) electrons. The number of hydrogen-bond acceptors (Lipinski definition) is 4. The third-order valence-corrected chi connectivity index (χ3v) is 8.31. The van der Waals surface area contributed by atoms with E-state index in [-0.39, 0.29) is 18.0 Å². The highest BCUT2D eigenvalue weighted by atomic mass is 35.5. The van der Waals surface area contributed by atoms with Gasteiger partial charge in [-0.25, -0.2) is 0 Å². The molecule has 3 aromatic carbocycles. The summed E-state index contributed by atoms with van der Waals surface area (Å²) >= 11 is 6.17. The molecule has 5 rings (SSSR count). The molecule has 1 N–H and O–H groups in total. The molecule has 2 fully saturated rings. The van der Waals surface area contributed by atoms with Crippen LogP contribution in [0.1, 0.15) is 54.4 Å². The third kappa shape index (κ3) is 5.40. The monoisotopic (exact) mass is 518 g/mol. The third-order valence-electron chi connectivity index (χ3n) is 8.06. The van der Waals surface area contributed by atoms with Crippen molar-refractivity contribution in [1.82, 2.24) is 4.90 Å². The highest BCUT2D eigenvalue weighted by Crippen LogP contribution is 2.41. The summed E-state index contributed by atoms with van der Waals surface area (Å²) in [7, 11) is 1.61. The van der Waals surface area contributed by atoms with Crippen molar-refractivity contribution in [3.8, 4) is 5.75 Å². The first-order chi connectivity index (χ1) is 18.0. The second-order valence-electron chi connectivity index (χ2n) is 10.2. The first-order valence-electron chi connectivity index (χ1n) is 13.2. The van der Waals surface area contributed by atoms with E-state index in [2.05, 4.69) is 17.0 Å². The van der Waals surface area contributed by atoms with Gasteiger partial charge in [-0.3, -0.25) is 9.69 Å². The van der Waals surface area contributed by atoms with Gasteiger partial charge in [-0.1, -0.05) is 60.8 Å². The average Bonchev–Trinajstić information content (AvgIpc) is 2.95. The zero-order valence-corrected chi connectivity index (χ0v) is 22.1. The largest absolute Gasteiger partial charge is 0.497 e. The van der Waals surface area contributed by atoms with E-state index >= 15 is 0 Å². The molecule has 1 aliphatic carbocycles. The molecule has 1 aliphatic heterocycles. The van der Waals surface area contributed by atoms with Gasteiger partial charge in [0, 0.05) is 41.4 Å². The molecule has 1 saturated heterocycles. The van der Waals surface area contributed by atoms with Gasteiger partial charge < -0.3 is 14.7 Å². The molecular weight excluding hydrogens is 484 g/mol. The van der Waals surface area contributed by atoms with Crippen molar-refractivity contribution in [3.05, 3.63) is 95.0 Å². The van der Waals surface area contributed by atoms with Gasteiger partial charge in [-0.05, 0) is 73.7 Å². The van der Waals surface area contributed by atoms with Crippen LogP contribution in [0.5, 0.6) is 5.75 Å². The predicted octanol–water partition coefficient (Wildman–Crippen LogP) is 6.29. The van der Waals surface area contributed by atoms with Gasteiger partial charge in [-0.2, -0.15) is 0 Å². The molecule has 0 aromatic heterocycles. The number of ether oxygens (including phenoxy) is 1. The number of aliphatic hydroxyl groups is 1. The summed E-state index contributed by atoms with van der Waals surface area (Å²) in [6.45, 7) is 1.67. The Hall–Kier alpha value is -2.86. The summed E-state index contributed by atoms with van der Waals surface area (Å²) in [6, 6.07) is 25.1. The van der Waals surface area contributed by atoms with Crippen molar-refractivity contribution >= 4 is 23.2 Å². The molecule has 2 aliphatic rings. The first-order valence-corrected chi connectivity index (χ1v) is 13.6. The van der Waals surface area contributed by atoms with E-state index in [1.807, 2.05) is 65.6 Å². The average molecular weight is 519 g/mol. The van der Waals surface area contributed by atoms with Crippen LogP contribution in [0.3, 0.4) is 0 Å². The smallest absolute Gasteiger partial charge is 0.258 e. The molecule has 1 amide bonds. The molecule has 37 heavy (non-hydrogen) atoms. The van der Waals surface area contributed by atoms with Crippen molar-refractivity contribution < 1.29 is 14.6 Å². The van der Waals surface area contributed by atoms with Crippen LogP contribution in [0, 0.1) is 0 Å². The number of carbonyl (C=O) groups is 1. The van der Waals surface area contributed by atoms with Crippen molar-refractivity contribution in [2.45, 2.75) is 56.2 Å². The summed E-state index contributed by atoms with van der Waals surface area (Å²) in [5.41, 5.74) is 1.62. The van der Waals surface area contributed by atoms with Gasteiger partial charge in [0.05, 0.1) is 7.11 Å². The van der Waals surface area contributed by atoms with Gasteiger partial charge in [0.2, 0.25) is 0 Å². The maximum absolute atomic E-state index is 13.9. The second kappa shape index (κ2) is 11.3. The number of amides is 1. The Morgan fingerprint density at radius 2 is 1.70 bits per heavy atom. The van der Waals surface area contributed by atoms with Crippen LogP contribution in [0.25, 0.3) is 0 Å². The number of benzene rings is 3. The molecule has 1 heterocycles. The highest BCUT2D eigenvalue weighted by molar-refractivity contribution is 6.30.